The second-order valence-electron chi connectivity index (χ2n) is 4.28. The molecule has 0 aromatic heterocycles. The van der Waals surface area contributed by atoms with Gasteiger partial charge in [0.1, 0.15) is 5.75 Å². The number of nitrogens with one attached hydrogen (secondary N) is 2. The Labute approximate surface area is 112 Å². The first-order valence-corrected chi connectivity index (χ1v) is 6.03. The number of hydrogen-bond acceptors (Lipinski definition) is 3. The Balaban J connectivity index is 1.99. The number of phenolic OH excluding ortho intramolecular Hbond substituents is 1. The molecule has 4 heteroatoms. The third kappa shape index (κ3) is 4.03. The van der Waals surface area contributed by atoms with Gasteiger partial charge in [0.15, 0.2) is 0 Å². The van der Waals surface area contributed by atoms with E-state index in [0.717, 1.165) is 16.9 Å². The number of benzene rings is 2. The van der Waals surface area contributed by atoms with Gasteiger partial charge in [0.25, 0.3) is 0 Å². The first-order valence-electron chi connectivity index (χ1n) is 6.03. The summed E-state index contributed by atoms with van der Waals surface area (Å²) in [5.74, 6) is 0.173. The third-order valence-corrected chi connectivity index (χ3v) is 2.62. The lowest BCUT2D eigenvalue weighted by Gasteiger charge is -2.09. The highest BCUT2D eigenvalue weighted by Crippen LogP contribution is 2.16. The van der Waals surface area contributed by atoms with Crippen LogP contribution in [0.1, 0.15) is 12.5 Å². The van der Waals surface area contributed by atoms with Crippen LogP contribution in [0.15, 0.2) is 48.5 Å². The van der Waals surface area contributed by atoms with Crippen LogP contribution < -0.4 is 10.6 Å². The van der Waals surface area contributed by atoms with E-state index in [4.69, 9.17) is 0 Å². The SMILES string of the molecule is CC(=O)Nc1cccc(NCc2ccc(O)cc2)c1. The normalized spacial score (nSPS) is 9.95. The summed E-state index contributed by atoms with van der Waals surface area (Å²) >= 11 is 0. The number of rotatable bonds is 4. The molecule has 2 rings (SSSR count). The molecule has 0 bridgehead atoms. The maximum absolute atomic E-state index is 11.0. The largest absolute Gasteiger partial charge is 0.508 e. The van der Waals surface area contributed by atoms with Crippen molar-refractivity contribution in [3.8, 4) is 5.75 Å². The molecule has 0 aliphatic heterocycles. The number of phenols is 1. The molecule has 0 saturated heterocycles. The lowest BCUT2D eigenvalue weighted by molar-refractivity contribution is -0.114. The van der Waals surface area contributed by atoms with Crippen molar-refractivity contribution in [1.29, 1.82) is 0 Å². The molecule has 0 atom stereocenters. The predicted molar refractivity (Wildman–Crippen MR) is 76.2 cm³/mol. The Bertz CT molecular complexity index is 565. The molecule has 0 saturated carbocycles. The van der Waals surface area contributed by atoms with Crippen LogP contribution >= 0.6 is 0 Å². The summed E-state index contributed by atoms with van der Waals surface area (Å²) in [4.78, 5) is 11.0. The number of carbonyl (C=O) groups excluding carboxylic acids is 1. The number of amides is 1. The predicted octanol–water partition coefficient (Wildman–Crippen LogP) is 2.96. The van der Waals surface area contributed by atoms with Crippen LogP contribution in [0, 0.1) is 0 Å². The van der Waals surface area contributed by atoms with Gasteiger partial charge >= 0.3 is 0 Å². The molecule has 0 fully saturated rings. The number of anilines is 2. The van der Waals surface area contributed by atoms with E-state index in [1.165, 1.54) is 6.92 Å². The molecule has 0 radical (unpaired) electrons. The van der Waals surface area contributed by atoms with Gasteiger partial charge < -0.3 is 15.7 Å². The Kier molecular flexibility index (Phi) is 4.03. The highest BCUT2D eigenvalue weighted by atomic mass is 16.3. The molecule has 0 spiro atoms. The number of aromatic hydroxyl groups is 1. The molecule has 0 aliphatic rings. The summed E-state index contributed by atoms with van der Waals surface area (Å²) in [5, 5.41) is 15.2. The molecule has 19 heavy (non-hydrogen) atoms. The zero-order valence-corrected chi connectivity index (χ0v) is 10.7. The van der Waals surface area contributed by atoms with Crippen molar-refractivity contribution in [1.82, 2.24) is 0 Å². The maximum Gasteiger partial charge on any atom is 0.221 e. The first kappa shape index (κ1) is 13.0. The Morgan fingerprint density at radius 2 is 1.79 bits per heavy atom. The smallest absolute Gasteiger partial charge is 0.221 e. The highest BCUT2D eigenvalue weighted by Gasteiger charge is 1.98. The van der Waals surface area contributed by atoms with Crippen LogP contribution in [0.3, 0.4) is 0 Å². The quantitative estimate of drug-likeness (QED) is 0.788. The summed E-state index contributed by atoms with van der Waals surface area (Å²) in [5.41, 5.74) is 2.77. The zero-order chi connectivity index (χ0) is 13.7. The lowest BCUT2D eigenvalue weighted by atomic mass is 10.2. The molecule has 4 nitrogen and oxygen atoms in total. The molecule has 3 N–H and O–H groups in total. The minimum absolute atomic E-state index is 0.0873. The van der Waals surface area contributed by atoms with Crippen molar-refractivity contribution in [2.45, 2.75) is 13.5 Å². The van der Waals surface area contributed by atoms with Gasteiger partial charge in [0, 0.05) is 24.8 Å². The minimum Gasteiger partial charge on any atom is -0.508 e. The molecular formula is C15H16N2O2. The second kappa shape index (κ2) is 5.91. The second-order valence-corrected chi connectivity index (χ2v) is 4.28. The van der Waals surface area contributed by atoms with Gasteiger partial charge in [-0.3, -0.25) is 4.79 Å². The van der Waals surface area contributed by atoms with Crippen LogP contribution in [-0.4, -0.2) is 11.0 Å². The van der Waals surface area contributed by atoms with Gasteiger partial charge in [-0.2, -0.15) is 0 Å². The fraction of sp³-hybridized carbons (Fsp3) is 0.133. The van der Waals surface area contributed by atoms with E-state index in [1.54, 1.807) is 12.1 Å². The average molecular weight is 256 g/mol. The van der Waals surface area contributed by atoms with Crippen molar-refractivity contribution in [3.63, 3.8) is 0 Å². The molecular weight excluding hydrogens is 240 g/mol. The number of hydrogen-bond donors (Lipinski definition) is 3. The van der Waals surface area contributed by atoms with Crippen molar-refractivity contribution in [3.05, 3.63) is 54.1 Å². The topological polar surface area (TPSA) is 61.4 Å². The van der Waals surface area contributed by atoms with E-state index in [9.17, 15) is 9.90 Å². The summed E-state index contributed by atoms with van der Waals surface area (Å²) < 4.78 is 0. The van der Waals surface area contributed by atoms with Crippen LogP contribution in [0.5, 0.6) is 5.75 Å². The van der Waals surface area contributed by atoms with Gasteiger partial charge in [-0.1, -0.05) is 18.2 Å². The lowest BCUT2D eigenvalue weighted by Crippen LogP contribution is -2.06. The summed E-state index contributed by atoms with van der Waals surface area (Å²) in [6.45, 7) is 2.14. The van der Waals surface area contributed by atoms with Crippen molar-refractivity contribution in [2.24, 2.45) is 0 Å². The van der Waals surface area contributed by atoms with Gasteiger partial charge in [-0.25, -0.2) is 0 Å². The molecule has 0 heterocycles. The van der Waals surface area contributed by atoms with E-state index in [0.29, 0.717) is 6.54 Å². The third-order valence-electron chi connectivity index (χ3n) is 2.62. The summed E-state index contributed by atoms with van der Waals surface area (Å²) in [7, 11) is 0. The van der Waals surface area contributed by atoms with Crippen LogP contribution in [0.2, 0.25) is 0 Å². The molecule has 2 aromatic rings. The monoisotopic (exact) mass is 256 g/mol. The van der Waals surface area contributed by atoms with Crippen LogP contribution in [0.25, 0.3) is 0 Å². The zero-order valence-electron chi connectivity index (χ0n) is 10.7. The highest BCUT2D eigenvalue weighted by molar-refractivity contribution is 5.89. The summed E-state index contributed by atoms with van der Waals surface area (Å²) in [6, 6.07) is 14.6. The van der Waals surface area contributed by atoms with E-state index in [1.807, 2.05) is 36.4 Å². The molecule has 1 amide bonds. The van der Waals surface area contributed by atoms with E-state index >= 15 is 0 Å². The Hall–Kier alpha value is -2.49. The average Bonchev–Trinajstić information content (AvgIpc) is 2.38. The standard InChI is InChI=1S/C15H16N2O2/c1-11(18)17-14-4-2-3-13(9-14)16-10-12-5-7-15(19)8-6-12/h2-9,16,19H,10H2,1H3,(H,17,18). The molecule has 2 aromatic carbocycles. The molecule has 0 aliphatic carbocycles. The van der Waals surface area contributed by atoms with E-state index in [-0.39, 0.29) is 11.7 Å². The van der Waals surface area contributed by atoms with Gasteiger partial charge in [-0.05, 0) is 35.9 Å². The van der Waals surface area contributed by atoms with Gasteiger partial charge in [0.2, 0.25) is 5.91 Å². The van der Waals surface area contributed by atoms with E-state index in [2.05, 4.69) is 10.6 Å². The van der Waals surface area contributed by atoms with E-state index < -0.39 is 0 Å². The van der Waals surface area contributed by atoms with Crippen LogP contribution in [-0.2, 0) is 11.3 Å². The number of carbonyl (C=O) groups is 1. The maximum atomic E-state index is 11.0. The summed E-state index contributed by atoms with van der Waals surface area (Å²) in [6.07, 6.45) is 0. The molecule has 98 valence electrons. The first-order chi connectivity index (χ1) is 9.13. The van der Waals surface area contributed by atoms with Crippen molar-refractivity contribution >= 4 is 17.3 Å². The minimum atomic E-state index is -0.0873. The van der Waals surface area contributed by atoms with Gasteiger partial charge in [0.05, 0.1) is 0 Å². The van der Waals surface area contributed by atoms with Crippen LogP contribution in [0.4, 0.5) is 11.4 Å². The van der Waals surface area contributed by atoms with Gasteiger partial charge in [-0.15, -0.1) is 0 Å². The molecule has 0 unspecified atom stereocenters. The Morgan fingerprint density at radius 3 is 2.47 bits per heavy atom. The van der Waals surface area contributed by atoms with Crippen molar-refractivity contribution in [2.75, 3.05) is 10.6 Å². The fourth-order valence-electron chi connectivity index (χ4n) is 1.73. The van der Waals surface area contributed by atoms with Crippen molar-refractivity contribution < 1.29 is 9.90 Å². The Morgan fingerprint density at radius 1 is 1.11 bits per heavy atom. The fourth-order valence-corrected chi connectivity index (χ4v) is 1.73.